The number of nitrogens with one attached hydrogen (secondary N) is 1. The molecule has 1 N–H and O–H groups in total. The zero-order valence-electron chi connectivity index (χ0n) is 6.43. The number of aromatic nitrogens is 2. The molecule has 0 aliphatic rings. The Morgan fingerprint density at radius 1 is 1.50 bits per heavy atom. The summed E-state index contributed by atoms with van der Waals surface area (Å²) in [6, 6.07) is 1.93. The first-order valence-corrected chi connectivity index (χ1v) is 3.18. The van der Waals surface area contributed by atoms with Gasteiger partial charge in [-0.05, 0) is 13.8 Å². The van der Waals surface area contributed by atoms with Gasteiger partial charge in [-0.2, -0.15) is 9.36 Å². The Hall–Kier alpha value is -1.12. The third-order valence-corrected chi connectivity index (χ3v) is 1.56. The van der Waals surface area contributed by atoms with Crippen molar-refractivity contribution in [2.24, 2.45) is 7.05 Å². The van der Waals surface area contributed by atoms with E-state index in [-0.39, 0.29) is 5.69 Å². The van der Waals surface area contributed by atoms with Crippen LogP contribution in [-0.4, -0.2) is 4.98 Å². The van der Waals surface area contributed by atoms with E-state index in [1.54, 1.807) is 11.6 Å². The van der Waals surface area contributed by atoms with Gasteiger partial charge in [-0.15, -0.1) is 0 Å². The highest BCUT2D eigenvalue weighted by atomic mass is 16.1. The van der Waals surface area contributed by atoms with Crippen molar-refractivity contribution in [3.8, 4) is 0 Å². The number of hydrogen-bond donors (Lipinski definition) is 1. The maximum atomic E-state index is 11.0. The fraction of sp³-hybridized carbons (Fsp3) is 0.429. The van der Waals surface area contributed by atoms with Crippen molar-refractivity contribution in [3.05, 3.63) is 27.9 Å². The van der Waals surface area contributed by atoms with E-state index >= 15 is 0 Å². The Labute approximate surface area is 59.3 Å². The highest BCUT2D eigenvalue weighted by molar-refractivity contribution is 4.99. The second-order valence-corrected chi connectivity index (χ2v) is 2.46. The molecule has 0 saturated carbocycles. The standard InChI is InChI=1S/C7H10N2O/c1-5-4-6(2)9(3)7(10)8-5/h4H,1-3H3/p+1. The second kappa shape index (κ2) is 2.25. The van der Waals surface area contributed by atoms with E-state index in [0.717, 1.165) is 11.4 Å². The minimum atomic E-state index is -0.0579. The molecule has 10 heavy (non-hydrogen) atoms. The monoisotopic (exact) mass is 139 g/mol. The summed E-state index contributed by atoms with van der Waals surface area (Å²) in [7, 11) is 1.74. The van der Waals surface area contributed by atoms with Gasteiger partial charge in [0.2, 0.25) is 0 Å². The van der Waals surface area contributed by atoms with Gasteiger partial charge in [0.1, 0.15) is 11.4 Å². The molecular formula is C7H11N2O+. The van der Waals surface area contributed by atoms with Crippen molar-refractivity contribution in [3.63, 3.8) is 0 Å². The number of rotatable bonds is 0. The Bertz CT molecular complexity index is 301. The lowest BCUT2D eigenvalue weighted by Crippen LogP contribution is -2.50. The highest BCUT2D eigenvalue weighted by Crippen LogP contribution is 1.87. The quantitative estimate of drug-likeness (QED) is 0.497. The van der Waals surface area contributed by atoms with E-state index < -0.39 is 0 Å². The molecule has 0 spiro atoms. The average molecular weight is 139 g/mol. The molecule has 0 saturated heterocycles. The summed E-state index contributed by atoms with van der Waals surface area (Å²) < 4.78 is 1.58. The molecule has 0 bridgehead atoms. The number of hydrogen-bond acceptors (Lipinski definition) is 1. The lowest BCUT2D eigenvalue weighted by Gasteiger charge is -1.93. The molecule has 0 aromatic carbocycles. The van der Waals surface area contributed by atoms with Crippen LogP contribution in [0.5, 0.6) is 0 Å². The molecule has 0 unspecified atom stereocenters. The molecule has 1 aromatic rings. The maximum Gasteiger partial charge on any atom is 0.495 e. The largest absolute Gasteiger partial charge is 0.495 e. The Kier molecular flexibility index (Phi) is 1.57. The minimum Gasteiger partial charge on any atom is -0.208 e. The first-order valence-electron chi connectivity index (χ1n) is 3.18. The summed E-state index contributed by atoms with van der Waals surface area (Å²) in [6.45, 7) is 3.77. The maximum absolute atomic E-state index is 11.0. The van der Waals surface area contributed by atoms with Crippen LogP contribution in [0.4, 0.5) is 0 Å². The molecule has 0 radical (unpaired) electrons. The van der Waals surface area contributed by atoms with E-state index in [1.807, 2.05) is 19.9 Å². The van der Waals surface area contributed by atoms with Crippen LogP contribution in [0.2, 0.25) is 0 Å². The van der Waals surface area contributed by atoms with Gasteiger partial charge in [0.05, 0.1) is 7.05 Å². The molecule has 3 heteroatoms. The molecule has 3 nitrogen and oxygen atoms in total. The second-order valence-electron chi connectivity index (χ2n) is 2.46. The van der Waals surface area contributed by atoms with Gasteiger partial charge in [-0.3, -0.25) is 0 Å². The highest BCUT2D eigenvalue weighted by Gasteiger charge is 2.02. The predicted octanol–water partition coefficient (Wildman–Crippen LogP) is -0.184. The zero-order chi connectivity index (χ0) is 7.72. The van der Waals surface area contributed by atoms with E-state index in [9.17, 15) is 4.79 Å². The average Bonchev–Trinajstić information content (AvgIpc) is 1.82. The normalized spacial score (nSPS) is 9.90. The third-order valence-electron chi connectivity index (χ3n) is 1.56. The number of aromatic amines is 1. The molecule has 0 aliphatic carbocycles. The van der Waals surface area contributed by atoms with Crippen molar-refractivity contribution in [1.82, 2.24) is 4.98 Å². The van der Waals surface area contributed by atoms with Crippen molar-refractivity contribution in [2.75, 3.05) is 0 Å². The van der Waals surface area contributed by atoms with Crippen LogP contribution in [0.15, 0.2) is 10.9 Å². The smallest absolute Gasteiger partial charge is 0.208 e. The molecular weight excluding hydrogens is 128 g/mol. The van der Waals surface area contributed by atoms with E-state index in [4.69, 9.17) is 0 Å². The number of aryl methyl sites for hydroxylation is 2. The van der Waals surface area contributed by atoms with Gasteiger partial charge in [0, 0.05) is 6.07 Å². The first-order chi connectivity index (χ1) is 4.61. The third kappa shape index (κ3) is 1.07. The van der Waals surface area contributed by atoms with Gasteiger partial charge < -0.3 is 0 Å². The summed E-state index contributed by atoms with van der Waals surface area (Å²) in [5.41, 5.74) is 1.82. The lowest BCUT2D eigenvalue weighted by molar-refractivity contribution is -0.695. The van der Waals surface area contributed by atoms with E-state index in [1.165, 1.54) is 0 Å². The Morgan fingerprint density at radius 2 is 2.10 bits per heavy atom. The van der Waals surface area contributed by atoms with Gasteiger partial charge in [-0.1, -0.05) is 0 Å². The molecule has 0 atom stereocenters. The molecule has 1 rings (SSSR count). The van der Waals surface area contributed by atoms with Gasteiger partial charge >= 0.3 is 5.69 Å². The van der Waals surface area contributed by atoms with Crippen LogP contribution in [0.25, 0.3) is 0 Å². The van der Waals surface area contributed by atoms with Crippen LogP contribution in [-0.2, 0) is 7.05 Å². The van der Waals surface area contributed by atoms with Gasteiger partial charge in [-0.25, -0.2) is 4.98 Å². The predicted molar refractivity (Wildman–Crippen MR) is 37.7 cm³/mol. The van der Waals surface area contributed by atoms with Crippen molar-refractivity contribution in [2.45, 2.75) is 13.8 Å². The molecule has 0 aliphatic heterocycles. The number of H-pyrrole nitrogens is 1. The topological polar surface area (TPSA) is 36.7 Å². The zero-order valence-corrected chi connectivity index (χ0v) is 6.43. The lowest BCUT2D eigenvalue weighted by atomic mass is 10.3. The van der Waals surface area contributed by atoms with E-state index in [2.05, 4.69) is 4.98 Å². The fourth-order valence-corrected chi connectivity index (χ4v) is 0.859. The minimum absolute atomic E-state index is 0.0579. The molecule has 54 valence electrons. The van der Waals surface area contributed by atoms with Crippen LogP contribution in [0.3, 0.4) is 0 Å². The van der Waals surface area contributed by atoms with Crippen molar-refractivity contribution < 1.29 is 4.57 Å². The summed E-state index contributed by atoms with van der Waals surface area (Å²) in [4.78, 5) is 13.7. The molecule has 0 fully saturated rings. The Balaban J connectivity index is 3.46. The molecule has 1 aromatic heterocycles. The molecule has 1 heterocycles. The van der Waals surface area contributed by atoms with Gasteiger partial charge in [0.15, 0.2) is 0 Å². The van der Waals surface area contributed by atoms with Crippen molar-refractivity contribution >= 4 is 0 Å². The molecule has 0 amide bonds. The first kappa shape index (κ1) is 6.99. The summed E-state index contributed by atoms with van der Waals surface area (Å²) in [5.74, 6) is 0. The van der Waals surface area contributed by atoms with Crippen LogP contribution in [0, 0.1) is 13.8 Å². The summed E-state index contributed by atoms with van der Waals surface area (Å²) in [5, 5.41) is 0. The van der Waals surface area contributed by atoms with E-state index in [0.29, 0.717) is 0 Å². The fourth-order valence-electron chi connectivity index (χ4n) is 0.859. The summed E-state index contributed by atoms with van der Waals surface area (Å²) >= 11 is 0. The van der Waals surface area contributed by atoms with Gasteiger partial charge in [0.25, 0.3) is 0 Å². The van der Waals surface area contributed by atoms with Crippen molar-refractivity contribution in [1.29, 1.82) is 0 Å². The van der Waals surface area contributed by atoms with Crippen LogP contribution >= 0.6 is 0 Å². The SMILES string of the molecule is Cc1cc(C)[n+](C)c(=O)[nH]1. The van der Waals surface area contributed by atoms with Crippen LogP contribution in [0.1, 0.15) is 11.4 Å². The number of nitrogens with zero attached hydrogens (tertiary/aromatic N) is 1. The van der Waals surface area contributed by atoms with Crippen LogP contribution < -0.4 is 10.3 Å². The Morgan fingerprint density at radius 3 is 2.60 bits per heavy atom. The summed E-state index contributed by atoms with van der Waals surface area (Å²) in [6.07, 6.45) is 0.